The molecular weight excluding hydrogens is 494 g/mol. The molecule has 0 spiro atoms. The van der Waals surface area contributed by atoms with Crippen molar-refractivity contribution in [3.8, 4) is 5.75 Å². The van der Waals surface area contributed by atoms with Gasteiger partial charge in [-0.25, -0.2) is 4.98 Å². The van der Waals surface area contributed by atoms with E-state index in [9.17, 15) is 15.0 Å². The van der Waals surface area contributed by atoms with E-state index >= 15 is 0 Å². The summed E-state index contributed by atoms with van der Waals surface area (Å²) in [4.78, 5) is 23.6. The van der Waals surface area contributed by atoms with E-state index in [2.05, 4.69) is 4.98 Å². The number of aliphatic hydroxyl groups is 2. The van der Waals surface area contributed by atoms with E-state index in [0.717, 1.165) is 11.1 Å². The fraction of sp³-hybridized carbons (Fsp3) is 0.233. The number of aromatic nitrogens is 4. The first-order valence-corrected chi connectivity index (χ1v) is 12.8. The van der Waals surface area contributed by atoms with Crippen molar-refractivity contribution in [3.63, 3.8) is 0 Å². The van der Waals surface area contributed by atoms with Gasteiger partial charge < -0.3 is 25.3 Å². The number of ether oxygens (including phenoxy) is 1. The summed E-state index contributed by atoms with van der Waals surface area (Å²) in [6.07, 6.45) is 2.03. The molecule has 0 radical (unpaired) electrons. The molecule has 5 rings (SSSR count). The van der Waals surface area contributed by atoms with Crippen molar-refractivity contribution in [3.05, 3.63) is 118 Å². The zero-order valence-corrected chi connectivity index (χ0v) is 21.6. The summed E-state index contributed by atoms with van der Waals surface area (Å²) >= 11 is 0. The molecule has 9 heteroatoms. The molecule has 200 valence electrons. The van der Waals surface area contributed by atoms with E-state index in [1.807, 2.05) is 84.9 Å². The molecule has 4 N–H and O–H groups in total. The highest BCUT2D eigenvalue weighted by molar-refractivity contribution is 5.72. The van der Waals surface area contributed by atoms with E-state index in [-0.39, 0.29) is 30.6 Å². The molecule has 0 saturated heterocycles. The summed E-state index contributed by atoms with van der Waals surface area (Å²) < 4.78 is 9.05. The van der Waals surface area contributed by atoms with E-state index in [4.69, 9.17) is 15.5 Å². The van der Waals surface area contributed by atoms with Gasteiger partial charge >= 0.3 is 0 Å². The number of nitrogens with zero attached hydrogens (tertiary/aromatic N) is 4. The predicted molar refractivity (Wildman–Crippen MR) is 150 cm³/mol. The van der Waals surface area contributed by atoms with Crippen LogP contribution in [0.4, 0.5) is 5.95 Å². The SMILES string of the molecule is COc1ccccc1C(c1ccccc1)(c1ccccc1)n1c(N)nc2c(ncn2CCC(CO)CO)c1=O. The third-order valence-corrected chi connectivity index (χ3v) is 7.18. The van der Waals surface area contributed by atoms with Crippen LogP contribution in [-0.4, -0.2) is 49.6 Å². The lowest BCUT2D eigenvalue weighted by Gasteiger charge is -2.38. The fourth-order valence-electron chi connectivity index (χ4n) is 5.22. The minimum atomic E-state index is -1.24. The number of benzene rings is 3. The van der Waals surface area contributed by atoms with Crippen molar-refractivity contribution in [2.24, 2.45) is 5.92 Å². The molecule has 0 bridgehead atoms. The Hall–Kier alpha value is -4.47. The highest BCUT2D eigenvalue weighted by Crippen LogP contribution is 2.44. The minimum Gasteiger partial charge on any atom is -0.496 e. The molecule has 0 amide bonds. The van der Waals surface area contributed by atoms with Crippen molar-refractivity contribution < 1.29 is 14.9 Å². The van der Waals surface area contributed by atoms with E-state index < -0.39 is 11.1 Å². The maximum atomic E-state index is 14.4. The van der Waals surface area contributed by atoms with Crippen molar-refractivity contribution in [1.29, 1.82) is 0 Å². The second-order valence-electron chi connectivity index (χ2n) is 9.38. The average Bonchev–Trinajstić information content (AvgIpc) is 3.39. The first kappa shape index (κ1) is 26.1. The van der Waals surface area contributed by atoms with Crippen LogP contribution in [0.15, 0.2) is 96.1 Å². The van der Waals surface area contributed by atoms with Gasteiger partial charge in [0.05, 0.1) is 13.4 Å². The van der Waals surface area contributed by atoms with Gasteiger partial charge in [-0.15, -0.1) is 0 Å². The Morgan fingerprint density at radius 2 is 1.51 bits per heavy atom. The topological polar surface area (TPSA) is 128 Å². The smallest absolute Gasteiger partial charge is 0.284 e. The van der Waals surface area contributed by atoms with Gasteiger partial charge in [0.25, 0.3) is 5.56 Å². The lowest BCUT2D eigenvalue weighted by molar-refractivity contribution is 0.140. The monoisotopic (exact) mass is 525 g/mol. The number of imidazole rings is 1. The largest absolute Gasteiger partial charge is 0.496 e. The Bertz CT molecular complexity index is 1570. The third kappa shape index (κ3) is 4.45. The maximum absolute atomic E-state index is 14.4. The molecular formula is C30H31N5O4. The van der Waals surface area contributed by atoms with Crippen LogP contribution in [0.1, 0.15) is 23.1 Å². The first-order valence-electron chi connectivity index (χ1n) is 12.8. The number of hydrogen-bond acceptors (Lipinski definition) is 7. The minimum absolute atomic E-state index is 0.00808. The van der Waals surface area contributed by atoms with Crippen LogP contribution in [0.2, 0.25) is 0 Å². The van der Waals surface area contributed by atoms with Crippen LogP contribution in [0.25, 0.3) is 11.2 Å². The zero-order valence-electron chi connectivity index (χ0n) is 21.6. The number of nitrogen functional groups attached to an aromatic ring is 1. The summed E-state index contributed by atoms with van der Waals surface area (Å²) in [6, 6.07) is 26.9. The van der Waals surface area contributed by atoms with Gasteiger partial charge in [0, 0.05) is 31.2 Å². The molecule has 0 aliphatic heterocycles. The number of methoxy groups -OCH3 is 1. The molecule has 2 aromatic heterocycles. The maximum Gasteiger partial charge on any atom is 0.284 e. The summed E-state index contributed by atoms with van der Waals surface area (Å²) in [5.41, 5.74) is 7.88. The van der Waals surface area contributed by atoms with Gasteiger partial charge in [0.2, 0.25) is 5.95 Å². The van der Waals surface area contributed by atoms with Gasteiger partial charge in [-0.1, -0.05) is 78.9 Å². The van der Waals surface area contributed by atoms with Crippen molar-refractivity contribution in [1.82, 2.24) is 19.1 Å². The Morgan fingerprint density at radius 1 is 0.923 bits per heavy atom. The lowest BCUT2D eigenvalue weighted by Crippen LogP contribution is -2.46. The van der Waals surface area contributed by atoms with Crippen LogP contribution in [0.5, 0.6) is 5.75 Å². The zero-order chi connectivity index (χ0) is 27.4. The molecule has 9 nitrogen and oxygen atoms in total. The summed E-state index contributed by atoms with van der Waals surface area (Å²) in [7, 11) is 1.60. The molecule has 0 aliphatic rings. The van der Waals surface area contributed by atoms with E-state index in [1.54, 1.807) is 18.0 Å². The molecule has 39 heavy (non-hydrogen) atoms. The number of aliphatic hydroxyl groups excluding tert-OH is 2. The van der Waals surface area contributed by atoms with Crippen LogP contribution >= 0.6 is 0 Å². The van der Waals surface area contributed by atoms with Gasteiger partial charge in [0.15, 0.2) is 11.2 Å². The molecule has 0 saturated carbocycles. The van der Waals surface area contributed by atoms with E-state index in [1.165, 1.54) is 4.57 Å². The second kappa shape index (κ2) is 11.1. The molecule has 0 unspecified atom stereocenters. The highest BCUT2D eigenvalue weighted by Gasteiger charge is 2.43. The van der Waals surface area contributed by atoms with Crippen molar-refractivity contribution in [2.45, 2.75) is 18.5 Å². The predicted octanol–water partition coefficient (Wildman–Crippen LogP) is 3.01. The number of rotatable bonds is 10. The molecule has 0 atom stereocenters. The fourth-order valence-corrected chi connectivity index (χ4v) is 5.22. The summed E-state index contributed by atoms with van der Waals surface area (Å²) in [6.45, 7) is 0.134. The van der Waals surface area contributed by atoms with Crippen molar-refractivity contribution in [2.75, 3.05) is 26.1 Å². The normalized spacial score (nSPS) is 11.8. The molecule has 0 aliphatic carbocycles. The van der Waals surface area contributed by atoms with Crippen LogP contribution in [0, 0.1) is 5.92 Å². The molecule has 5 aromatic rings. The number of nitrogens with two attached hydrogens (primary N) is 1. The number of aryl methyl sites for hydroxylation is 1. The summed E-state index contributed by atoms with van der Waals surface area (Å²) in [5.74, 6) is 0.310. The number of anilines is 1. The molecule has 3 aromatic carbocycles. The highest BCUT2D eigenvalue weighted by atomic mass is 16.5. The van der Waals surface area contributed by atoms with E-state index in [0.29, 0.717) is 29.9 Å². The van der Waals surface area contributed by atoms with Gasteiger partial charge in [-0.2, -0.15) is 4.98 Å². The van der Waals surface area contributed by atoms with Gasteiger partial charge in [0.1, 0.15) is 11.3 Å². The number of hydrogen-bond donors (Lipinski definition) is 3. The average molecular weight is 526 g/mol. The first-order chi connectivity index (χ1) is 19.1. The Balaban J connectivity index is 1.85. The molecule has 2 heterocycles. The van der Waals surface area contributed by atoms with Crippen molar-refractivity contribution >= 4 is 17.1 Å². The number of fused-ring (bicyclic) bond motifs is 1. The number of para-hydroxylation sites is 1. The quantitative estimate of drug-likeness (QED) is 0.239. The van der Waals surface area contributed by atoms with Crippen LogP contribution in [-0.2, 0) is 12.1 Å². The standard InChI is InChI=1S/C30H31N5O4/c1-39-25-15-9-8-14-24(25)30(22-10-4-2-5-11-22,23-12-6-3-7-13-23)35-28(38)26-27(33-29(35)31)34(20-32-26)17-16-21(18-36)19-37/h2-15,20-21,36-37H,16-19H2,1H3,(H2,31,33). The molecule has 0 fully saturated rings. The third-order valence-electron chi connectivity index (χ3n) is 7.18. The Kier molecular flexibility index (Phi) is 7.44. The van der Waals surface area contributed by atoms with Crippen LogP contribution in [0.3, 0.4) is 0 Å². The second-order valence-corrected chi connectivity index (χ2v) is 9.38. The Morgan fingerprint density at radius 3 is 2.10 bits per heavy atom. The Labute approximate surface area is 225 Å². The summed E-state index contributed by atoms with van der Waals surface area (Å²) in [5, 5.41) is 18.9. The van der Waals surface area contributed by atoms with Gasteiger partial charge in [-0.3, -0.25) is 9.36 Å². The van der Waals surface area contributed by atoms with Crippen LogP contribution < -0.4 is 16.0 Å². The lowest BCUT2D eigenvalue weighted by atomic mass is 9.76. The van der Waals surface area contributed by atoms with Gasteiger partial charge in [-0.05, 0) is 23.6 Å².